The Balaban J connectivity index is 1.51. The van der Waals surface area contributed by atoms with Crippen LogP contribution in [0.5, 0.6) is 5.75 Å². The van der Waals surface area contributed by atoms with Crippen LogP contribution in [0.2, 0.25) is 0 Å². The van der Waals surface area contributed by atoms with Gasteiger partial charge in [-0.15, -0.1) is 0 Å². The van der Waals surface area contributed by atoms with E-state index in [1.165, 1.54) is 44.3 Å². The molecule has 0 aliphatic carbocycles. The van der Waals surface area contributed by atoms with Gasteiger partial charge in [-0.05, 0) is 75.0 Å². The summed E-state index contributed by atoms with van der Waals surface area (Å²) in [5, 5.41) is 9.82. The molecule has 0 radical (unpaired) electrons. The molecule has 2 fully saturated rings. The first-order chi connectivity index (χ1) is 15.9. The number of carbonyl (C=O) groups is 1. The average molecular weight is 475 g/mol. The number of benzene rings is 1. The van der Waals surface area contributed by atoms with Crippen molar-refractivity contribution in [2.45, 2.75) is 30.6 Å². The lowest BCUT2D eigenvalue weighted by Crippen LogP contribution is -2.41. The Morgan fingerprint density at radius 2 is 1.91 bits per heavy atom. The highest BCUT2D eigenvalue weighted by Crippen LogP contribution is 2.28. The van der Waals surface area contributed by atoms with Crippen molar-refractivity contribution >= 4 is 27.5 Å². The van der Waals surface area contributed by atoms with Crippen LogP contribution in [0.25, 0.3) is 0 Å². The molecule has 0 amide bonds. The number of hydrogen-bond acceptors (Lipinski definition) is 7. The van der Waals surface area contributed by atoms with E-state index in [9.17, 15) is 18.3 Å². The van der Waals surface area contributed by atoms with Gasteiger partial charge in [-0.1, -0.05) is 0 Å². The Hall–Kier alpha value is -2.85. The second-order valence-corrected chi connectivity index (χ2v) is 10.3. The lowest BCUT2D eigenvalue weighted by molar-refractivity contribution is 0.0697. The number of nitrogens with zero attached hydrogens (tertiary/aromatic N) is 3. The number of carboxylic acid groups (broad SMARTS) is 1. The molecular weight excluding hydrogens is 444 g/mol. The summed E-state index contributed by atoms with van der Waals surface area (Å²) in [6.07, 6.45) is 5.97. The Kier molecular flexibility index (Phi) is 7.04. The van der Waals surface area contributed by atoms with E-state index in [4.69, 9.17) is 4.74 Å². The standard InChI is InChI=1S/C23H30N4O5S/c1-32-19-6-8-20(9-7-19)33(30,31)25-18-13-21(23(28)29)22(24-14-18)27-12-4-5-17(16-27)15-26-10-2-3-11-26/h6-9,13-14,17,25H,2-5,10-12,15-16H2,1H3,(H,28,29). The van der Waals surface area contributed by atoms with Crippen LogP contribution in [0, 0.1) is 5.92 Å². The zero-order chi connectivity index (χ0) is 23.4. The molecule has 1 atom stereocenters. The summed E-state index contributed by atoms with van der Waals surface area (Å²) in [7, 11) is -2.40. The second-order valence-electron chi connectivity index (χ2n) is 8.64. The average Bonchev–Trinajstić information content (AvgIpc) is 3.32. The number of hydrogen-bond donors (Lipinski definition) is 2. The van der Waals surface area contributed by atoms with E-state index in [-0.39, 0.29) is 16.1 Å². The molecular formula is C23H30N4O5S. The van der Waals surface area contributed by atoms with Gasteiger partial charge >= 0.3 is 5.97 Å². The SMILES string of the molecule is COc1ccc(S(=O)(=O)Nc2cnc(N3CCCC(CN4CCCC4)C3)c(C(=O)O)c2)cc1. The maximum atomic E-state index is 12.7. The van der Waals surface area contributed by atoms with Crippen molar-refractivity contribution < 1.29 is 23.1 Å². The number of sulfonamides is 1. The number of aromatic nitrogens is 1. The fourth-order valence-electron chi connectivity index (χ4n) is 4.63. The summed E-state index contributed by atoms with van der Waals surface area (Å²) in [4.78, 5) is 20.9. The first kappa shape index (κ1) is 23.3. The van der Waals surface area contributed by atoms with E-state index >= 15 is 0 Å². The molecule has 9 nitrogen and oxygen atoms in total. The maximum Gasteiger partial charge on any atom is 0.339 e. The monoisotopic (exact) mass is 474 g/mol. The largest absolute Gasteiger partial charge is 0.497 e. The Morgan fingerprint density at radius 1 is 1.18 bits per heavy atom. The summed E-state index contributed by atoms with van der Waals surface area (Å²) in [5.41, 5.74) is 0.101. The molecule has 4 rings (SSSR count). The summed E-state index contributed by atoms with van der Waals surface area (Å²) in [5.74, 6) is 0.261. The predicted octanol–water partition coefficient (Wildman–Crippen LogP) is 2.90. The molecule has 10 heteroatoms. The number of pyridine rings is 1. The number of piperidine rings is 1. The van der Waals surface area contributed by atoms with Gasteiger partial charge in [-0.3, -0.25) is 4.72 Å². The number of anilines is 2. The molecule has 0 spiro atoms. The molecule has 0 bridgehead atoms. The summed E-state index contributed by atoms with van der Waals surface area (Å²) in [6, 6.07) is 7.29. The number of rotatable bonds is 8. The minimum absolute atomic E-state index is 0.00764. The number of methoxy groups -OCH3 is 1. The first-order valence-electron chi connectivity index (χ1n) is 11.2. The van der Waals surface area contributed by atoms with Gasteiger partial charge in [0, 0.05) is 19.6 Å². The van der Waals surface area contributed by atoms with Crippen LogP contribution >= 0.6 is 0 Å². The predicted molar refractivity (Wildman–Crippen MR) is 126 cm³/mol. The molecule has 2 aliphatic rings. The molecule has 1 unspecified atom stereocenters. The normalized spacial score (nSPS) is 19.4. The lowest BCUT2D eigenvalue weighted by Gasteiger charge is -2.36. The second kappa shape index (κ2) is 9.96. The van der Waals surface area contributed by atoms with E-state index in [1.807, 2.05) is 4.90 Å². The molecule has 2 aliphatic heterocycles. The lowest BCUT2D eigenvalue weighted by atomic mass is 9.97. The van der Waals surface area contributed by atoms with Crippen molar-refractivity contribution in [1.29, 1.82) is 0 Å². The van der Waals surface area contributed by atoms with Crippen LogP contribution in [0.1, 0.15) is 36.0 Å². The van der Waals surface area contributed by atoms with Gasteiger partial charge in [0.1, 0.15) is 17.1 Å². The molecule has 2 saturated heterocycles. The number of likely N-dealkylation sites (tertiary alicyclic amines) is 1. The van der Waals surface area contributed by atoms with E-state index in [0.717, 1.165) is 45.6 Å². The van der Waals surface area contributed by atoms with Crippen LogP contribution < -0.4 is 14.4 Å². The molecule has 2 aromatic rings. The van der Waals surface area contributed by atoms with Crippen LogP contribution in [0.15, 0.2) is 41.4 Å². The van der Waals surface area contributed by atoms with Crippen LogP contribution in [-0.4, -0.2) is 69.2 Å². The van der Waals surface area contributed by atoms with E-state index in [0.29, 0.717) is 17.5 Å². The fraction of sp³-hybridized carbons (Fsp3) is 0.478. The van der Waals surface area contributed by atoms with Crippen molar-refractivity contribution in [1.82, 2.24) is 9.88 Å². The van der Waals surface area contributed by atoms with E-state index in [1.54, 1.807) is 12.1 Å². The smallest absolute Gasteiger partial charge is 0.339 e. The highest BCUT2D eigenvalue weighted by atomic mass is 32.2. The van der Waals surface area contributed by atoms with Crippen LogP contribution in [0.4, 0.5) is 11.5 Å². The van der Waals surface area contributed by atoms with Crippen LogP contribution in [-0.2, 0) is 10.0 Å². The van der Waals surface area contributed by atoms with Gasteiger partial charge in [0.15, 0.2) is 0 Å². The van der Waals surface area contributed by atoms with E-state index in [2.05, 4.69) is 14.6 Å². The van der Waals surface area contributed by atoms with Gasteiger partial charge < -0.3 is 19.6 Å². The van der Waals surface area contributed by atoms with Crippen molar-refractivity contribution in [2.24, 2.45) is 5.92 Å². The first-order valence-corrected chi connectivity index (χ1v) is 12.7. The third-order valence-corrected chi connectivity index (χ3v) is 7.65. The van der Waals surface area contributed by atoms with Gasteiger partial charge in [-0.25, -0.2) is 18.2 Å². The Labute approximate surface area is 194 Å². The molecule has 178 valence electrons. The number of ether oxygens (including phenoxy) is 1. The third-order valence-electron chi connectivity index (χ3n) is 6.25. The van der Waals surface area contributed by atoms with Crippen molar-refractivity contribution in [3.63, 3.8) is 0 Å². The third kappa shape index (κ3) is 5.56. The van der Waals surface area contributed by atoms with Gasteiger partial charge in [0.2, 0.25) is 0 Å². The quantitative estimate of drug-likeness (QED) is 0.601. The van der Waals surface area contributed by atoms with Crippen molar-refractivity contribution in [3.05, 3.63) is 42.1 Å². The number of nitrogens with one attached hydrogen (secondary N) is 1. The molecule has 2 N–H and O–H groups in total. The Bertz CT molecular complexity index is 1080. The highest BCUT2D eigenvalue weighted by Gasteiger charge is 2.27. The number of carboxylic acids is 1. The van der Waals surface area contributed by atoms with Crippen LogP contribution in [0.3, 0.4) is 0 Å². The zero-order valence-corrected chi connectivity index (χ0v) is 19.6. The van der Waals surface area contributed by atoms with Gasteiger partial charge in [0.05, 0.1) is 23.9 Å². The molecule has 33 heavy (non-hydrogen) atoms. The fourth-order valence-corrected chi connectivity index (χ4v) is 5.66. The minimum Gasteiger partial charge on any atom is -0.497 e. The number of aromatic carboxylic acids is 1. The highest BCUT2D eigenvalue weighted by molar-refractivity contribution is 7.92. The summed E-state index contributed by atoms with van der Waals surface area (Å²) >= 11 is 0. The molecule has 0 saturated carbocycles. The van der Waals surface area contributed by atoms with Gasteiger partial charge in [0.25, 0.3) is 10.0 Å². The topological polar surface area (TPSA) is 112 Å². The van der Waals surface area contributed by atoms with Gasteiger partial charge in [-0.2, -0.15) is 0 Å². The summed E-state index contributed by atoms with van der Waals surface area (Å²) < 4.78 is 33.0. The molecule has 1 aromatic carbocycles. The minimum atomic E-state index is -3.90. The van der Waals surface area contributed by atoms with Crippen molar-refractivity contribution in [3.8, 4) is 5.75 Å². The van der Waals surface area contributed by atoms with Crippen molar-refractivity contribution in [2.75, 3.05) is 49.5 Å². The zero-order valence-electron chi connectivity index (χ0n) is 18.7. The summed E-state index contributed by atoms with van der Waals surface area (Å²) in [6.45, 7) is 4.79. The Morgan fingerprint density at radius 3 is 2.58 bits per heavy atom. The molecule has 1 aromatic heterocycles. The maximum absolute atomic E-state index is 12.7. The van der Waals surface area contributed by atoms with E-state index < -0.39 is 16.0 Å². The molecule has 3 heterocycles.